The van der Waals surface area contributed by atoms with Crippen molar-refractivity contribution in [1.82, 2.24) is 14.8 Å². The fourth-order valence-corrected chi connectivity index (χ4v) is 4.03. The summed E-state index contributed by atoms with van der Waals surface area (Å²) in [4.78, 5) is 17.4. The lowest BCUT2D eigenvalue weighted by atomic mass is 9.92. The number of nitrogens with zero attached hydrogens (tertiary/aromatic N) is 3. The van der Waals surface area contributed by atoms with E-state index in [1.807, 2.05) is 91.9 Å². The van der Waals surface area contributed by atoms with Crippen molar-refractivity contribution in [2.24, 2.45) is 0 Å². The van der Waals surface area contributed by atoms with Gasteiger partial charge in [0.05, 0.1) is 16.9 Å². The van der Waals surface area contributed by atoms with Gasteiger partial charge in [-0.2, -0.15) is 5.10 Å². The van der Waals surface area contributed by atoms with Crippen LogP contribution in [0, 0.1) is 6.92 Å². The van der Waals surface area contributed by atoms with Crippen LogP contribution in [0.4, 0.5) is 27.7 Å². The predicted octanol–water partition coefficient (Wildman–Crippen LogP) is 7.41. The molecular formula is C30H30N6O. The molecule has 37 heavy (non-hydrogen) atoms. The van der Waals surface area contributed by atoms with E-state index in [-0.39, 0.29) is 11.4 Å². The molecule has 0 saturated heterocycles. The fraction of sp³-hybridized carbons (Fsp3) is 0.167. The molecule has 5 rings (SSSR count). The van der Waals surface area contributed by atoms with E-state index in [1.165, 1.54) is 0 Å². The highest BCUT2D eigenvalue weighted by molar-refractivity contribution is 6.00. The second-order valence-electron chi connectivity index (χ2n) is 10.1. The highest BCUT2D eigenvalue weighted by Gasteiger charge is 2.21. The molecule has 0 spiro atoms. The number of urea groups is 1. The van der Waals surface area contributed by atoms with E-state index in [1.54, 1.807) is 10.9 Å². The van der Waals surface area contributed by atoms with Gasteiger partial charge >= 0.3 is 6.03 Å². The number of amides is 2. The van der Waals surface area contributed by atoms with Crippen molar-refractivity contribution in [2.75, 3.05) is 16.0 Å². The Morgan fingerprint density at radius 2 is 1.59 bits per heavy atom. The lowest BCUT2D eigenvalue weighted by Crippen LogP contribution is -2.21. The summed E-state index contributed by atoms with van der Waals surface area (Å²) >= 11 is 0. The average Bonchev–Trinajstić information content (AvgIpc) is 3.29. The predicted molar refractivity (Wildman–Crippen MR) is 151 cm³/mol. The number of hydrogen-bond acceptors (Lipinski definition) is 4. The van der Waals surface area contributed by atoms with Crippen molar-refractivity contribution >= 4 is 39.8 Å². The first-order valence-corrected chi connectivity index (χ1v) is 12.2. The monoisotopic (exact) mass is 490 g/mol. The topological polar surface area (TPSA) is 83.9 Å². The van der Waals surface area contributed by atoms with Gasteiger partial charge in [-0.1, -0.05) is 62.7 Å². The summed E-state index contributed by atoms with van der Waals surface area (Å²) in [5, 5.41) is 15.2. The van der Waals surface area contributed by atoms with Crippen LogP contribution in [0.5, 0.6) is 0 Å². The third kappa shape index (κ3) is 5.46. The number of fused-ring (bicyclic) bond motifs is 1. The molecule has 0 unspecified atom stereocenters. The summed E-state index contributed by atoms with van der Waals surface area (Å²) in [7, 11) is 0. The summed E-state index contributed by atoms with van der Waals surface area (Å²) in [6.07, 6.45) is 1.78. The van der Waals surface area contributed by atoms with Gasteiger partial charge in [-0.25, -0.2) is 9.48 Å². The Kier molecular flexibility index (Phi) is 6.36. The molecule has 7 heteroatoms. The second-order valence-corrected chi connectivity index (χ2v) is 10.1. The number of aromatic nitrogens is 3. The fourth-order valence-electron chi connectivity index (χ4n) is 4.03. The molecule has 0 radical (unpaired) electrons. The Bertz CT molecular complexity index is 1560. The lowest BCUT2D eigenvalue weighted by molar-refractivity contribution is 0.262. The minimum Gasteiger partial charge on any atom is -0.355 e. The molecular weight excluding hydrogens is 460 g/mol. The van der Waals surface area contributed by atoms with Gasteiger partial charge in [0, 0.05) is 40.1 Å². The molecule has 2 amide bonds. The number of pyridine rings is 1. The number of hydrogen-bond donors (Lipinski definition) is 3. The van der Waals surface area contributed by atoms with Crippen LogP contribution >= 0.6 is 0 Å². The van der Waals surface area contributed by atoms with Gasteiger partial charge in [-0.15, -0.1) is 0 Å². The molecule has 0 fully saturated rings. The minimum atomic E-state index is -0.347. The van der Waals surface area contributed by atoms with Crippen molar-refractivity contribution in [3.05, 3.63) is 102 Å². The van der Waals surface area contributed by atoms with Gasteiger partial charge in [-0.3, -0.25) is 10.3 Å². The maximum Gasteiger partial charge on any atom is 0.324 e. The molecule has 2 aromatic heterocycles. The number of para-hydroxylation sites is 1. The quantitative estimate of drug-likeness (QED) is 0.239. The number of carbonyl (C=O) groups is 1. The van der Waals surface area contributed by atoms with Gasteiger partial charge < -0.3 is 10.6 Å². The Balaban J connectivity index is 1.35. The molecule has 3 aromatic carbocycles. The first-order valence-electron chi connectivity index (χ1n) is 12.2. The third-order valence-corrected chi connectivity index (χ3v) is 6.05. The molecule has 0 aliphatic rings. The molecule has 5 aromatic rings. The van der Waals surface area contributed by atoms with Crippen LogP contribution in [0.3, 0.4) is 0 Å². The SMILES string of the molecule is Cc1ccc(-n2nc(C(C)(C)C)cc2NC(=O)Nc2cccc(Nc3ccnc4ccccc34)c2)cc1. The molecule has 7 nitrogen and oxygen atoms in total. The largest absolute Gasteiger partial charge is 0.355 e. The number of carbonyl (C=O) groups excluding carboxylic acids is 1. The minimum absolute atomic E-state index is 0.167. The van der Waals surface area contributed by atoms with Gasteiger partial charge in [-0.05, 0) is 49.4 Å². The van der Waals surface area contributed by atoms with Crippen molar-refractivity contribution < 1.29 is 4.79 Å². The Morgan fingerprint density at radius 1 is 0.838 bits per heavy atom. The molecule has 186 valence electrons. The van der Waals surface area contributed by atoms with E-state index in [9.17, 15) is 4.79 Å². The third-order valence-electron chi connectivity index (χ3n) is 6.05. The highest BCUT2D eigenvalue weighted by atomic mass is 16.2. The zero-order chi connectivity index (χ0) is 26.0. The first kappa shape index (κ1) is 24.1. The number of anilines is 4. The smallest absolute Gasteiger partial charge is 0.324 e. The van der Waals surface area contributed by atoms with E-state index in [0.717, 1.165) is 39.2 Å². The van der Waals surface area contributed by atoms with E-state index >= 15 is 0 Å². The lowest BCUT2D eigenvalue weighted by Gasteiger charge is -2.14. The maximum absolute atomic E-state index is 13.0. The number of aryl methyl sites for hydroxylation is 1. The van der Waals surface area contributed by atoms with Gasteiger partial charge in [0.1, 0.15) is 5.82 Å². The van der Waals surface area contributed by atoms with Crippen LogP contribution < -0.4 is 16.0 Å². The van der Waals surface area contributed by atoms with Gasteiger partial charge in [0.2, 0.25) is 0 Å². The van der Waals surface area contributed by atoms with E-state index < -0.39 is 0 Å². The van der Waals surface area contributed by atoms with E-state index in [0.29, 0.717) is 11.5 Å². The van der Waals surface area contributed by atoms with E-state index in [4.69, 9.17) is 5.10 Å². The van der Waals surface area contributed by atoms with Crippen molar-refractivity contribution in [1.29, 1.82) is 0 Å². The normalized spacial score (nSPS) is 11.4. The Hall–Kier alpha value is -4.65. The maximum atomic E-state index is 13.0. The molecule has 3 N–H and O–H groups in total. The van der Waals surface area contributed by atoms with Crippen LogP contribution in [0.15, 0.2) is 91.1 Å². The van der Waals surface area contributed by atoms with Crippen LogP contribution in [-0.4, -0.2) is 20.8 Å². The summed E-state index contributed by atoms with van der Waals surface area (Å²) in [6.45, 7) is 8.34. The summed E-state index contributed by atoms with van der Waals surface area (Å²) < 4.78 is 1.77. The van der Waals surface area contributed by atoms with Gasteiger partial charge in [0.25, 0.3) is 0 Å². The number of benzene rings is 3. The van der Waals surface area contributed by atoms with E-state index in [2.05, 4.69) is 41.7 Å². The molecule has 2 heterocycles. The van der Waals surface area contributed by atoms with Crippen LogP contribution in [0.1, 0.15) is 32.0 Å². The van der Waals surface area contributed by atoms with Crippen LogP contribution in [0.25, 0.3) is 16.6 Å². The Labute approximate surface area is 216 Å². The Morgan fingerprint density at radius 3 is 2.38 bits per heavy atom. The zero-order valence-corrected chi connectivity index (χ0v) is 21.4. The zero-order valence-electron chi connectivity index (χ0n) is 21.4. The molecule has 0 atom stereocenters. The van der Waals surface area contributed by atoms with Crippen molar-refractivity contribution in [3.63, 3.8) is 0 Å². The van der Waals surface area contributed by atoms with Crippen LogP contribution in [0.2, 0.25) is 0 Å². The standard InChI is InChI=1S/C30H30N6O/c1-20-12-14-23(15-13-20)36-28(19-27(35-36)30(2,3)4)34-29(37)33-22-9-7-8-21(18-22)32-26-16-17-31-25-11-6-5-10-24(25)26/h5-19H,1-4H3,(H,31,32)(H2,33,34,37). The first-order chi connectivity index (χ1) is 17.8. The molecule has 0 aliphatic carbocycles. The van der Waals surface area contributed by atoms with Crippen molar-refractivity contribution in [2.45, 2.75) is 33.1 Å². The van der Waals surface area contributed by atoms with Crippen molar-refractivity contribution in [3.8, 4) is 5.69 Å². The number of rotatable bonds is 5. The highest BCUT2D eigenvalue weighted by Crippen LogP contribution is 2.28. The molecule has 0 aliphatic heterocycles. The number of nitrogens with one attached hydrogen (secondary N) is 3. The van der Waals surface area contributed by atoms with Crippen LogP contribution in [-0.2, 0) is 5.41 Å². The molecule has 0 bridgehead atoms. The average molecular weight is 491 g/mol. The summed E-state index contributed by atoms with van der Waals surface area (Å²) in [5.74, 6) is 0.601. The summed E-state index contributed by atoms with van der Waals surface area (Å²) in [6, 6.07) is 27.1. The molecule has 0 saturated carbocycles. The van der Waals surface area contributed by atoms with Gasteiger partial charge in [0.15, 0.2) is 0 Å². The summed E-state index contributed by atoms with van der Waals surface area (Å²) in [5.41, 5.74) is 6.15. The second kappa shape index (κ2) is 9.78.